The van der Waals surface area contributed by atoms with Crippen molar-refractivity contribution in [1.82, 2.24) is 18.8 Å². The van der Waals surface area contributed by atoms with E-state index in [0.717, 1.165) is 17.7 Å². The average molecular weight is 362 g/mol. The predicted molar refractivity (Wildman–Crippen MR) is 98.7 cm³/mol. The largest absolute Gasteiger partial charge is 0.279 e. The molecule has 2 unspecified atom stereocenters. The lowest BCUT2D eigenvalue weighted by Crippen LogP contribution is -2.48. The van der Waals surface area contributed by atoms with Gasteiger partial charge in [0.05, 0.1) is 11.9 Å². The second-order valence-corrected chi connectivity index (χ2v) is 8.80. The Morgan fingerprint density at radius 3 is 2.52 bits per heavy atom. The molecule has 0 spiro atoms. The van der Waals surface area contributed by atoms with Crippen molar-refractivity contribution < 1.29 is 8.42 Å². The molecule has 1 aliphatic rings. The smallest absolute Gasteiger partial charge is 0.241 e. The molecule has 0 radical (unpaired) electrons. The molecule has 0 saturated carbocycles. The molecule has 25 heavy (non-hydrogen) atoms. The lowest BCUT2D eigenvalue weighted by molar-refractivity contribution is 0.220. The van der Waals surface area contributed by atoms with Gasteiger partial charge in [-0.3, -0.25) is 0 Å². The molecule has 2 heterocycles. The third kappa shape index (κ3) is 4.68. The minimum atomic E-state index is -3.41. The van der Waals surface area contributed by atoms with Gasteiger partial charge in [0.2, 0.25) is 0 Å². The zero-order chi connectivity index (χ0) is 17.9. The summed E-state index contributed by atoms with van der Waals surface area (Å²) in [6.07, 6.45) is 5.43. The van der Waals surface area contributed by atoms with Gasteiger partial charge in [0, 0.05) is 25.8 Å². The van der Waals surface area contributed by atoms with E-state index < -0.39 is 10.2 Å². The minimum Gasteiger partial charge on any atom is -0.241 e. The highest BCUT2D eigenvalue weighted by Crippen LogP contribution is 2.22. The Hall–Kier alpha value is -1.70. The minimum absolute atomic E-state index is 0.377. The zero-order valence-electron chi connectivity index (χ0n) is 14.8. The van der Waals surface area contributed by atoms with E-state index in [2.05, 4.69) is 23.7 Å². The van der Waals surface area contributed by atoms with Gasteiger partial charge in [-0.25, -0.2) is 9.40 Å². The fourth-order valence-electron chi connectivity index (χ4n) is 3.43. The van der Waals surface area contributed by atoms with Crippen molar-refractivity contribution in [3.8, 4) is 5.69 Å². The SMILES string of the molecule is CC1CC(C)CN(S(=O)(=O)NCCc2cnn(-c3ccccc3)c2)C1. The third-order valence-electron chi connectivity index (χ3n) is 4.53. The van der Waals surface area contributed by atoms with Crippen LogP contribution in [0.2, 0.25) is 0 Å². The van der Waals surface area contributed by atoms with Gasteiger partial charge < -0.3 is 0 Å². The monoisotopic (exact) mass is 362 g/mol. The van der Waals surface area contributed by atoms with Crippen LogP contribution in [0.1, 0.15) is 25.8 Å². The van der Waals surface area contributed by atoms with E-state index in [0.29, 0.717) is 37.9 Å². The topological polar surface area (TPSA) is 67.2 Å². The molecule has 136 valence electrons. The van der Waals surface area contributed by atoms with Crippen molar-refractivity contribution in [2.75, 3.05) is 19.6 Å². The molecule has 6 nitrogen and oxygen atoms in total. The van der Waals surface area contributed by atoms with Crippen molar-refractivity contribution >= 4 is 10.2 Å². The molecule has 1 aromatic heterocycles. The van der Waals surface area contributed by atoms with Crippen LogP contribution in [-0.2, 0) is 16.6 Å². The van der Waals surface area contributed by atoms with E-state index in [1.54, 1.807) is 15.2 Å². The fraction of sp³-hybridized carbons (Fsp3) is 0.500. The van der Waals surface area contributed by atoms with Crippen LogP contribution in [0.5, 0.6) is 0 Å². The molecule has 1 saturated heterocycles. The Morgan fingerprint density at radius 2 is 1.84 bits per heavy atom. The highest BCUT2D eigenvalue weighted by Gasteiger charge is 2.29. The maximum atomic E-state index is 12.5. The maximum Gasteiger partial charge on any atom is 0.279 e. The molecule has 1 aliphatic heterocycles. The molecule has 0 amide bonds. The Morgan fingerprint density at radius 1 is 1.16 bits per heavy atom. The van der Waals surface area contributed by atoms with Crippen LogP contribution in [0.25, 0.3) is 5.69 Å². The third-order valence-corrected chi connectivity index (χ3v) is 6.08. The van der Waals surface area contributed by atoms with Gasteiger partial charge in [-0.1, -0.05) is 32.0 Å². The number of benzene rings is 1. The van der Waals surface area contributed by atoms with Gasteiger partial charge in [-0.05, 0) is 42.4 Å². The lowest BCUT2D eigenvalue weighted by Gasteiger charge is -2.33. The number of rotatable bonds is 6. The highest BCUT2D eigenvalue weighted by atomic mass is 32.2. The molecule has 7 heteroatoms. The van der Waals surface area contributed by atoms with Crippen molar-refractivity contribution in [1.29, 1.82) is 0 Å². The Kier molecular flexibility index (Phi) is 5.56. The fourth-order valence-corrected chi connectivity index (χ4v) is 4.87. The second-order valence-electron chi connectivity index (χ2n) is 7.04. The van der Waals surface area contributed by atoms with E-state index in [1.807, 2.05) is 36.5 Å². The Bertz CT molecular complexity index is 778. The van der Waals surface area contributed by atoms with Gasteiger partial charge in [-0.2, -0.15) is 17.8 Å². The van der Waals surface area contributed by atoms with Crippen molar-refractivity contribution in [2.24, 2.45) is 11.8 Å². The number of nitrogens with one attached hydrogen (secondary N) is 1. The Labute approximate surface area is 150 Å². The summed E-state index contributed by atoms with van der Waals surface area (Å²) in [7, 11) is -3.41. The average Bonchev–Trinajstić information content (AvgIpc) is 3.03. The normalized spacial score (nSPS) is 22.2. The van der Waals surface area contributed by atoms with E-state index in [-0.39, 0.29) is 0 Å². The van der Waals surface area contributed by atoms with Crippen LogP contribution in [0, 0.1) is 11.8 Å². The summed E-state index contributed by atoms with van der Waals surface area (Å²) < 4.78 is 31.1. The van der Waals surface area contributed by atoms with Gasteiger partial charge in [0.25, 0.3) is 10.2 Å². The lowest BCUT2D eigenvalue weighted by atomic mass is 9.94. The standard InChI is InChI=1S/C18H26N4O2S/c1-15-10-16(2)13-21(12-15)25(23,24)20-9-8-17-11-19-22(14-17)18-6-4-3-5-7-18/h3-7,11,14-16,20H,8-10,12-13H2,1-2H3. The van der Waals surface area contributed by atoms with E-state index >= 15 is 0 Å². The van der Waals surface area contributed by atoms with Crippen LogP contribution < -0.4 is 4.72 Å². The predicted octanol–water partition coefficient (Wildman–Crippen LogP) is 2.23. The van der Waals surface area contributed by atoms with E-state index in [9.17, 15) is 8.42 Å². The molecular formula is C18H26N4O2S. The molecule has 2 atom stereocenters. The molecule has 1 aromatic carbocycles. The molecule has 1 N–H and O–H groups in total. The van der Waals surface area contributed by atoms with Gasteiger partial charge >= 0.3 is 0 Å². The van der Waals surface area contributed by atoms with Crippen LogP contribution in [0.4, 0.5) is 0 Å². The van der Waals surface area contributed by atoms with Crippen LogP contribution in [-0.4, -0.2) is 42.1 Å². The first-order chi connectivity index (χ1) is 11.9. The van der Waals surface area contributed by atoms with Crippen LogP contribution >= 0.6 is 0 Å². The van der Waals surface area contributed by atoms with E-state index in [4.69, 9.17) is 0 Å². The van der Waals surface area contributed by atoms with Gasteiger partial charge in [0.1, 0.15) is 0 Å². The maximum absolute atomic E-state index is 12.5. The van der Waals surface area contributed by atoms with Crippen molar-refractivity contribution in [2.45, 2.75) is 26.7 Å². The van der Waals surface area contributed by atoms with Crippen molar-refractivity contribution in [3.05, 3.63) is 48.3 Å². The summed E-state index contributed by atoms with van der Waals surface area (Å²) in [5, 5.41) is 4.34. The quantitative estimate of drug-likeness (QED) is 0.857. The summed E-state index contributed by atoms with van der Waals surface area (Å²) in [5.41, 5.74) is 2.00. The number of aromatic nitrogens is 2. The number of piperidine rings is 1. The van der Waals surface area contributed by atoms with Crippen LogP contribution in [0.3, 0.4) is 0 Å². The number of hydrogen-bond acceptors (Lipinski definition) is 3. The number of nitrogens with zero attached hydrogens (tertiary/aromatic N) is 3. The first-order valence-electron chi connectivity index (χ1n) is 8.78. The summed E-state index contributed by atoms with van der Waals surface area (Å²) >= 11 is 0. The first kappa shape index (κ1) is 18.1. The summed E-state index contributed by atoms with van der Waals surface area (Å²) in [4.78, 5) is 0. The molecule has 2 aromatic rings. The zero-order valence-corrected chi connectivity index (χ0v) is 15.6. The summed E-state index contributed by atoms with van der Waals surface area (Å²) in [6.45, 7) is 5.80. The van der Waals surface area contributed by atoms with Crippen LogP contribution in [0.15, 0.2) is 42.7 Å². The second kappa shape index (κ2) is 7.68. The summed E-state index contributed by atoms with van der Waals surface area (Å²) in [6, 6.07) is 9.86. The first-order valence-corrected chi connectivity index (χ1v) is 10.2. The van der Waals surface area contributed by atoms with E-state index in [1.165, 1.54) is 0 Å². The van der Waals surface area contributed by atoms with Crippen molar-refractivity contribution in [3.63, 3.8) is 0 Å². The summed E-state index contributed by atoms with van der Waals surface area (Å²) in [5.74, 6) is 0.814. The highest BCUT2D eigenvalue weighted by molar-refractivity contribution is 7.87. The number of para-hydroxylation sites is 1. The molecule has 0 bridgehead atoms. The molecule has 0 aliphatic carbocycles. The molecule has 1 fully saturated rings. The Balaban J connectivity index is 1.55. The van der Waals surface area contributed by atoms with Gasteiger partial charge in [0.15, 0.2) is 0 Å². The van der Waals surface area contributed by atoms with Gasteiger partial charge in [-0.15, -0.1) is 0 Å². The molecule has 3 rings (SSSR count). The molecular weight excluding hydrogens is 336 g/mol. The number of hydrogen-bond donors (Lipinski definition) is 1.